The van der Waals surface area contributed by atoms with Gasteiger partial charge in [-0.15, -0.1) is 0 Å². The predicted octanol–water partition coefficient (Wildman–Crippen LogP) is 5.28. The van der Waals surface area contributed by atoms with E-state index < -0.39 is 10.1 Å². The number of aromatic hydroxyl groups is 1. The minimum Gasteiger partial charge on any atom is -0.508 e. The molecule has 0 aliphatic carbocycles. The summed E-state index contributed by atoms with van der Waals surface area (Å²) in [4.78, 5) is 0.165. The molecule has 0 heterocycles. The summed E-state index contributed by atoms with van der Waals surface area (Å²) in [5.41, 5.74) is 3.40. The summed E-state index contributed by atoms with van der Waals surface area (Å²) in [5, 5.41) is 8.85. The molecule has 0 fully saturated rings. The van der Waals surface area contributed by atoms with Gasteiger partial charge in [0, 0.05) is 0 Å². The smallest absolute Gasteiger partial charge is 0.339 e. The van der Waals surface area contributed by atoms with Crippen LogP contribution in [0.3, 0.4) is 0 Å². The molecule has 0 aromatic heterocycles. The van der Waals surface area contributed by atoms with Gasteiger partial charge in [0.15, 0.2) is 0 Å². The van der Waals surface area contributed by atoms with Crippen molar-refractivity contribution in [2.24, 2.45) is 0 Å². The van der Waals surface area contributed by atoms with Crippen molar-refractivity contribution in [3.8, 4) is 11.5 Å². The third-order valence-electron chi connectivity index (χ3n) is 4.19. The fourth-order valence-electron chi connectivity index (χ4n) is 2.39. The molecule has 0 saturated heterocycles. The zero-order chi connectivity index (χ0) is 20.6. The second-order valence-corrected chi connectivity index (χ2v) is 7.91. The van der Waals surface area contributed by atoms with Crippen LogP contribution in [0.4, 0.5) is 0 Å². The van der Waals surface area contributed by atoms with E-state index >= 15 is 0 Å². The molecule has 4 nitrogen and oxygen atoms in total. The van der Waals surface area contributed by atoms with Crippen LogP contribution in [-0.4, -0.2) is 13.5 Å². The van der Waals surface area contributed by atoms with Gasteiger partial charge in [-0.3, -0.25) is 0 Å². The summed E-state index contributed by atoms with van der Waals surface area (Å²) < 4.78 is 29.2. The molecule has 0 amide bonds. The van der Waals surface area contributed by atoms with Gasteiger partial charge in [-0.25, -0.2) is 0 Å². The van der Waals surface area contributed by atoms with Gasteiger partial charge in [0.25, 0.3) is 0 Å². The predicted molar refractivity (Wildman–Crippen MR) is 112 cm³/mol. The van der Waals surface area contributed by atoms with Crippen LogP contribution in [0.5, 0.6) is 11.5 Å². The Morgan fingerprint density at radius 3 is 1.68 bits per heavy atom. The lowest BCUT2D eigenvalue weighted by Crippen LogP contribution is -2.09. The summed E-state index contributed by atoms with van der Waals surface area (Å²) in [6, 6.07) is 20.9. The molecule has 0 saturated carbocycles. The summed E-state index contributed by atoms with van der Waals surface area (Å²) >= 11 is 0. The van der Waals surface area contributed by atoms with Gasteiger partial charge in [-0.2, -0.15) is 8.42 Å². The molecule has 1 N–H and O–H groups in total. The summed E-state index contributed by atoms with van der Waals surface area (Å²) in [5.74, 6) is 0.671. The fraction of sp³-hybridized carbons (Fsp3) is 0.217. The Balaban J connectivity index is 0.000000261. The Morgan fingerprint density at radius 2 is 1.21 bits per heavy atom. The molecule has 0 atom stereocenters. The van der Waals surface area contributed by atoms with Crippen molar-refractivity contribution in [1.82, 2.24) is 0 Å². The molecule has 28 heavy (non-hydrogen) atoms. The number of hydrogen-bond donors (Lipinski definition) is 1. The number of benzene rings is 3. The van der Waals surface area contributed by atoms with Crippen molar-refractivity contribution in [1.29, 1.82) is 0 Å². The lowest BCUT2D eigenvalue weighted by Gasteiger charge is -2.07. The number of rotatable bonds is 5. The highest BCUT2D eigenvalue weighted by Gasteiger charge is 2.16. The zero-order valence-corrected chi connectivity index (χ0v) is 17.2. The molecular formula is C23H26O4S. The molecule has 3 aromatic carbocycles. The van der Waals surface area contributed by atoms with Crippen LogP contribution in [0, 0.1) is 6.92 Å². The van der Waals surface area contributed by atoms with Crippen molar-refractivity contribution in [3.05, 3.63) is 89.5 Å². The molecule has 3 rings (SSSR count). The average molecular weight is 399 g/mol. The standard InChI is InChI=1S/C15H16O3S.C8H10O/c1-3-13-6-8-14(9-7-13)18-19(16,17)15-10-4-12(2)5-11-15;1-2-7-3-5-8(9)6-4-7/h4-11H,3H2,1-2H3;3-6,9H,2H2,1H3. The second-order valence-electron chi connectivity index (χ2n) is 6.37. The number of phenolic OH excluding ortho intramolecular Hbond substituents is 1. The Hall–Kier alpha value is -2.79. The van der Waals surface area contributed by atoms with Gasteiger partial charge in [-0.05, 0) is 67.3 Å². The first kappa shape index (κ1) is 21.5. The van der Waals surface area contributed by atoms with Crippen LogP contribution in [0.2, 0.25) is 0 Å². The van der Waals surface area contributed by atoms with Crippen LogP contribution in [0.25, 0.3) is 0 Å². The Morgan fingerprint density at radius 1 is 0.750 bits per heavy atom. The third-order valence-corrected chi connectivity index (χ3v) is 5.45. The third kappa shape index (κ3) is 6.43. The Kier molecular flexibility index (Phi) is 7.64. The molecule has 0 spiro atoms. The van der Waals surface area contributed by atoms with Crippen LogP contribution >= 0.6 is 0 Å². The minimum atomic E-state index is -3.75. The molecule has 0 bridgehead atoms. The highest BCUT2D eigenvalue weighted by molar-refractivity contribution is 7.87. The van der Waals surface area contributed by atoms with E-state index in [1.54, 1.807) is 48.5 Å². The SMILES string of the molecule is CCc1ccc(O)cc1.CCc1ccc(OS(=O)(=O)c2ccc(C)cc2)cc1. The van der Waals surface area contributed by atoms with Gasteiger partial charge >= 0.3 is 10.1 Å². The number of hydrogen-bond acceptors (Lipinski definition) is 4. The normalized spacial score (nSPS) is 10.7. The number of phenols is 1. The first-order chi connectivity index (χ1) is 13.3. The lowest BCUT2D eigenvalue weighted by atomic mass is 10.2. The van der Waals surface area contributed by atoms with Crippen molar-refractivity contribution >= 4 is 10.1 Å². The summed E-state index contributed by atoms with van der Waals surface area (Å²) in [6.07, 6.45) is 1.94. The Bertz CT molecular complexity index is 959. The van der Waals surface area contributed by atoms with E-state index in [1.165, 1.54) is 5.56 Å². The first-order valence-corrected chi connectivity index (χ1v) is 10.6. The van der Waals surface area contributed by atoms with Crippen LogP contribution in [0.15, 0.2) is 77.7 Å². The highest BCUT2D eigenvalue weighted by Crippen LogP contribution is 2.19. The van der Waals surface area contributed by atoms with Crippen LogP contribution in [0.1, 0.15) is 30.5 Å². The monoisotopic (exact) mass is 398 g/mol. The van der Waals surface area contributed by atoms with E-state index in [1.807, 2.05) is 38.1 Å². The zero-order valence-electron chi connectivity index (χ0n) is 16.4. The molecule has 0 unspecified atom stereocenters. The summed E-state index contributed by atoms with van der Waals surface area (Å²) in [6.45, 7) is 6.03. The van der Waals surface area contributed by atoms with Gasteiger partial charge < -0.3 is 9.29 Å². The van der Waals surface area contributed by atoms with Gasteiger partial charge in [0.05, 0.1) is 0 Å². The van der Waals surface area contributed by atoms with E-state index in [-0.39, 0.29) is 4.90 Å². The maximum absolute atomic E-state index is 12.0. The molecule has 0 radical (unpaired) electrons. The molecule has 0 aliphatic rings. The van der Waals surface area contributed by atoms with Gasteiger partial charge in [0.1, 0.15) is 16.4 Å². The van der Waals surface area contributed by atoms with E-state index in [9.17, 15) is 8.42 Å². The first-order valence-electron chi connectivity index (χ1n) is 9.22. The maximum atomic E-state index is 12.0. The fourth-order valence-corrected chi connectivity index (χ4v) is 3.32. The topological polar surface area (TPSA) is 63.6 Å². The van der Waals surface area contributed by atoms with E-state index in [2.05, 4.69) is 6.92 Å². The van der Waals surface area contributed by atoms with Crippen molar-refractivity contribution in [3.63, 3.8) is 0 Å². The lowest BCUT2D eigenvalue weighted by molar-refractivity contribution is 0.475. The molecule has 148 valence electrons. The largest absolute Gasteiger partial charge is 0.508 e. The van der Waals surface area contributed by atoms with Crippen molar-refractivity contribution < 1.29 is 17.7 Å². The van der Waals surface area contributed by atoms with E-state index in [0.717, 1.165) is 24.0 Å². The van der Waals surface area contributed by atoms with Crippen LogP contribution < -0.4 is 4.18 Å². The molecule has 5 heteroatoms. The quantitative estimate of drug-likeness (QED) is 0.594. The van der Waals surface area contributed by atoms with Gasteiger partial charge in [-0.1, -0.05) is 55.8 Å². The average Bonchev–Trinajstić information content (AvgIpc) is 2.70. The summed E-state index contributed by atoms with van der Waals surface area (Å²) in [7, 11) is -3.75. The highest BCUT2D eigenvalue weighted by atomic mass is 32.2. The molecule has 0 aliphatic heterocycles. The Labute approximate surface area is 167 Å². The van der Waals surface area contributed by atoms with Gasteiger partial charge in [0.2, 0.25) is 0 Å². The van der Waals surface area contributed by atoms with E-state index in [0.29, 0.717) is 11.5 Å². The van der Waals surface area contributed by atoms with Crippen molar-refractivity contribution in [2.45, 2.75) is 38.5 Å². The van der Waals surface area contributed by atoms with Crippen LogP contribution in [-0.2, 0) is 23.0 Å². The minimum absolute atomic E-state index is 0.165. The number of aryl methyl sites for hydroxylation is 3. The second kappa shape index (κ2) is 9.95. The molecule has 3 aromatic rings. The maximum Gasteiger partial charge on any atom is 0.339 e. The van der Waals surface area contributed by atoms with Crippen molar-refractivity contribution in [2.75, 3.05) is 0 Å². The molecular weight excluding hydrogens is 372 g/mol. The van der Waals surface area contributed by atoms with E-state index in [4.69, 9.17) is 9.29 Å².